The summed E-state index contributed by atoms with van der Waals surface area (Å²) in [5, 5.41) is 10.4. The van der Waals surface area contributed by atoms with Crippen molar-refractivity contribution in [2.45, 2.75) is 31.3 Å². The van der Waals surface area contributed by atoms with Crippen LogP contribution < -0.4 is 5.73 Å². The molecule has 0 bridgehead atoms. The van der Waals surface area contributed by atoms with Crippen LogP contribution in [-0.2, 0) is 16.4 Å². The van der Waals surface area contributed by atoms with E-state index in [1.54, 1.807) is 18.6 Å². The summed E-state index contributed by atoms with van der Waals surface area (Å²) < 4.78 is 27.2. The minimum Gasteiger partial charge on any atom is -0.399 e. The van der Waals surface area contributed by atoms with Crippen LogP contribution in [0.3, 0.4) is 0 Å². The minimum atomic E-state index is -3.69. The summed E-state index contributed by atoms with van der Waals surface area (Å²) in [6, 6.07) is 15.9. The lowest BCUT2D eigenvalue weighted by atomic mass is 10.1. The van der Waals surface area contributed by atoms with Gasteiger partial charge >= 0.3 is 0 Å². The van der Waals surface area contributed by atoms with E-state index in [9.17, 15) is 13.5 Å². The van der Waals surface area contributed by atoms with Crippen molar-refractivity contribution >= 4 is 15.7 Å². The molecule has 26 heavy (non-hydrogen) atoms. The van der Waals surface area contributed by atoms with Crippen molar-refractivity contribution in [1.29, 1.82) is 0 Å². The first-order valence-electron chi connectivity index (χ1n) is 8.70. The fourth-order valence-corrected chi connectivity index (χ4v) is 4.26. The second-order valence-electron chi connectivity index (χ2n) is 6.78. The fourth-order valence-electron chi connectivity index (χ4n) is 2.64. The molecule has 0 heterocycles. The minimum absolute atomic E-state index is 0.0255. The lowest BCUT2D eigenvalue weighted by Crippen LogP contribution is -2.40. The average molecular weight is 376 g/mol. The van der Waals surface area contributed by atoms with Crippen molar-refractivity contribution in [3.05, 3.63) is 66.6 Å². The maximum absolute atomic E-state index is 12.9. The zero-order chi connectivity index (χ0) is 19.2. The van der Waals surface area contributed by atoms with Gasteiger partial charge in [-0.3, -0.25) is 0 Å². The number of aliphatic hydroxyl groups excluding tert-OH is 1. The Bertz CT molecular complexity index is 774. The van der Waals surface area contributed by atoms with E-state index in [1.165, 1.54) is 16.4 Å². The van der Waals surface area contributed by atoms with Gasteiger partial charge in [-0.15, -0.1) is 0 Å². The first kappa shape index (κ1) is 20.4. The smallest absolute Gasteiger partial charge is 0.243 e. The van der Waals surface area contributed by atoms with Crippen LogP contribution in [0.15, 0.2) is 59.5 Å². The summed E-state index contributed by atoms with van der Waals surface area (Å²) in [6.45, 7) is 4.26. The molecule has 141 valence electrons. The van der Waals surface area contributed by atoms with Gasteiger partial charge in [0.25, 0.3) is 0 Å². The average Bonchev–Trinajstić information content (AvgIpc) is 2.60. The molecule has 0 aliphatic rings. The normalized spacial score (nSPS) is 13.3. The van der Waals surface area contributed by atoms with Crippen LogP contribution in [0.2, 0.25) is 0 Å². The molecule has 0 aromatic heterocycles. The van der Waals surface area contributed by atoms with E-state index >= 15 is 0 Å². The number of nitrogens with zero attached hydrogens (tertiary/aromatic N) is 1. The van der Waals surface area contributed by atoms with Crippen molar-refractivity contribution < 1.29 is 13.5 Å². The van der Waals surface area contributed by atoms with E-state index in [1.807, 2.05) is 44.2 Å². The summed E-state index contributed by atoms with van der Waals surface area (Å²) in [5.74, 6) is 0.139. The number of sulfonamides is 1. The molecule has 2 rings (SSSR count). The molecule has 3 N–H and O–H groups in total. The van der Waals surface area contributed by atoms with Gasteiger partial charge < -0.3 is 10.8 Å². The molecule has 0 amide bonds. The third kappa shape index (κ3) is 5.83. The van der Waals surface area contributed by atoms with Gasteiger partial charge in [-0.25, -0.2) is 8.42 Å². The number of aliphatic hydroxyl groups is 1. The summed E-state index contributed by atoms with van der Waals surface area (Å²) in [4.78, 5) is 0.183. The van der Waals surface area contributed by atoms with Gasteiger partial charge in [-0.2, -0.15) is 4.31 Å². The molecule has 0 aliphatic carbocycles. The highest BCUT2D eigenvalue weighted by Gasteiger charge is 2.27. The third-order valence-corrected chi connectivity index (χ3v) is 5.79. The molecular weight excluding hydrogens is 348 g/mol. The van der Waals surface area contributed by atoms with Crippen LogP contribution in [0, 0.1) is 12.3 Å². The van der Waals surface area contributed by atoms with Gasteiger partial charge in [0.15, 0.2) is 0 Å². The Morgan fingerprint density at radius 2 is 1.65 bits per heavy atom. The highest BCUT2D eigenvalue weighted by atomic mass is 32.2. The predicted octanol–water partition coefficient (Wildman–Crippen LogP) is 2.72. The highest BCUT2D eigenvalue weighted by Crippen LogP contribution is 2.19. The van der Waals surface area contributed by atoms with Gasteiger partial charge in [0.05, 0.1) is 11.0 Å². The largest absolute Gasteiger partial charge is 0.399 e. The Morgan fingerprint density at radius 3 is 2.23 bits per heavy atom. The first-order valence-corrected chi connectivity index (χ1v) is 10.1. The monoisotopic (exact) mass is 375 g/mol. The van der Waals surface area contributed by atoms with Gasteiger partial charge in [0.1, 0.15) is 0 Å². The van der Waals surface area contributed by atoms with Crippen molar-refractivity contribution in [3.8, 4) is 0 Å². The SMILES string of the molecule is CC(C)CN(C[C@H](O)[CH]Cc1ccccc1)S(=O)(=O)c1ccc(N)cc1. The lowest BCUT2D eigenvalue weighted by Gasteiger charge is -2.26. The van der Waals surface area contributed by atoms with E-state index in [0.717, 1.165) is 5.56 Å². The Morgan fingerprint density at radius 1 is 1.04 bits per heavy atom. The maximum atomic E-state index is 12.9. The maximum Gasteiger partial charge on any atom is 0.243 e. The van der Waals surface area contributed by atoms with E-state index in [2.05, 4.69) is 0 Å². The molecule has 1 radical (unpaired) electrons. The van der Waals surface area contributed by atoms with E-state index in [4.69, 9.17) is 5.73 Å². The van der Waals surface area contributed by atoms with E-state index < -0.39 is 16.1 Å². The van der Waals surface area contributed by atoms with Crippen LogP contribution in [0.4, 0.5) is 5.69 Å². The van der Waals surface area contributed by atoms with Crippen LogP contribution in [-0.4, -0.2) is 37.0 Å². The summed E-state index contributed by atoms with van der Waals surface area (Å²) in [5.41, 5.74) is 7.23. The number of nitrogen functional groups attached to an aromatic ring is 1. The van der Waals surface area contributed by atoms with Crippen molar-refractivity contribution in [1.82, 2.24) is 4.31 Å². The molecule has 2 aromatic carbocycles. The molecule has 0 saturated carbocycles. The first-order chi connectivity index (χ1) is 12.3. The lowest BCUT2D eigenvalue weighted by molar-refractivity contribution is 0.167. The summed E-state index contributed by atoms with van der Waals surface area (Å²) in [6.07, 6.45) is 1.47. The number of hydrogen-bond donors (Lipinski definition) is 2. The molecule has 0 fully saturated rings. The van der Waals surface area contributed by atoms with Crippen molar-refractivity contribution in [3.63, 3.8) is 0 Å². The second-order valence-corrected chi connectivity index (χ2v) is 8.72. The topological polar surface area (TPSA) is 83.6 Å². The number of hydrogen-bond acceptors (Lipinski definition) is 4. The van der Waals surface area contributed by atoms with Gasteiger partial charge in [-0.05, 0) is 48.6 Å². The Labute approximate surface area is 156 Å². The van der Waals surface area contributed by atoms with Crippen LogP contribution in [0.25, 0.3) is 0 Å². The standard InChI is InChI=1S/C20H27N2O3S/c1-16(2)14-22(26(24,25)20-12-9-18(21)10-13-20)15-19(23)11-8-17-6-4-3-5-7-17/h3-7,9-13,16,19,23H,8,14-15,21H2,1-2H3/t19-/m1/s1. The molecule has 1 atom stereocenters. The Balaban J connectivity index is 2.09. The molecule has 0 unspecified atom stereocenters. The number of benzene rings is 2. The Kier molecular flexibility index (Phi) is 7.20. The number of nitrogens with two attached hydrogens (primary N) is 1. The summed E-state index contributed by atoms with van der Waals surface area (Å²) in [7, 11) is -3.69. The predicted molar refractivity (Wildman–Crippen MR) is 105 cm³/mol. The van der Waals surface area contributed by atoms with Crippen molar-refractivity contribution in [2.24, 2.45) is 5.92 Å². The van der Waals surface area contributed by atoms with E-state index in [0.29, 0.717) is 18.7 Å². The molecule has 6 heteroatoms. The van der Waals surface area contributed by atoms with Gasteiger partial charge in [0, 0.05) is 18.8 Å². The molecule has 0 spiro atoms. The number of rotatable bonds is 9. The Hall–Kier alpha value is -1.89. The third-order valence-electron chi connectivity index (χ3n) is 3.95. The molecular formula is C20H27N2O3S. The molecule has 2 aromatic rings. The second kappa shape index (κ2) is 9.16. The molecule has 0 saturated heterocycles. The quantitative estimate of drug-likeness (QED) is 0.660. The van der Waals surface area contributed by atoms with E-state index in [-0.39, 0.29) is 17.4 Å². The van der Waals surface area contributed by atoms with Crippen LogP contribution >= 0.6 is 0 Å². The highest BCUT2D eigenvalue weighted by molar-refractivity contribution is 7.89. The molecule has 0 aliphatic heterocycles. The van der Waals surface area contributed by atoms with Gasteiger partial charge in [0.2, 0.25) is 10.0 Å². The number of anilines is 1. The fraction of sp³-hybridized carbons (Fsp3) is 0.350. The van der Waals surface area contributed by atoms with Gasteiger partial charge in [-0.1, -0.05) is 44.2 Å². The van der Waals surface area contributed by atoms with Crippen molar-refractivity contribution in [2.75, 3.05) is 18.8 Å². The summed E-state index contributed by atoms with van der Waals surface area (Å²) >= 11 is 0. The van der Waals surface area contributed by atoms with Crippen LogP contribution in [0.5, 0.6) is 0 Å². The zero-order valence-corrected chi connectivity index (χ0v) is 16.1. The zero-order valence-electron chi connectivity index (χ0n) is 15.2. The van der Waals surface area contributed by atoms with Crippen LogP contribution in [0.1, 0.15) is 19.4 Å². The molecule has 5 nitrogen and oxygen atoms in total.